The van der Waals surface area contributed by atoms with Crippen LogP contribution in [0.4, 0.5) is 4.39 Å². The summed E-state index contributed by atoms with van der Waals surface area (Å²) in [6.07, 6.45) is -0.165. The van der Waals surface area contributed by atoms with Gasteiger partial charge in [0.05, 0.1) is 0 Å². The van der Waals surface area contributed by atoms with E-state index >= 15 is 0 Å². The number of ether oxygens (including phenoxy) is 2. The molecule has 0 amide bonds. The van der Waals surface area contributed by atoms with Crippen molar-refractivity contribution < 1.29 is 13.9 Å². The molecule has 1 saturated heterocycles. The Kier molecular flexibility index (Phi) is 2.42. The minimum Gasteiger partial charge on any atom is -0.353 e. The van der Waals surface area contributed by atoms with E-state index < -0.39 is 12.5 Å². The van der Waals surface area contributed by atoms with E-state index in [1.807, 2.05) is 0 Å². The molecule has 0 radical (unpaired) electrons. The maximum Gasteiger partial charge on any atom is 0.188 e. The molecular weight excluding hydrogens is 123 g/mol. The second-order valence-electron chi connectivity index (χ2n) is 2.13. The van der Waals surface area contributed by atoms with Gasteiger partial charge in [0, 0.05) is 13.7 Å². The lowest BCUT2D eigenvalue weighted by atomic mass is 10.2. The topological polar surface area (TPSA) is 18.5 Å². The summed E-state index contributed by atoms with van der Waals surface area (Å²) >= 11 is 0. The van der Waals surface area contributed by atoms with Crippen LogP contribution in [-0.2, 0) is 9.47 Å². The fourth-order valence-electron chi connectivity index (χ4n) is 0.934. The van der Waals surface area contributed by atoms with Crippen molar-refractivity contribution in [1.82, 2.24) is 0 Å². The highest BCUT2D eigenvalue weighted by molar-refractivity contribution is 4.65. The molecule has 0 aromatic rings. The van der Waals surface area contributed by atoms with E-state index in [9.17, 15) is 4.39 Å². The Hall–Kier alpha value is -0.150. The van der Waals surface area contributed by atoms with Crippen LogP contribution in [0.3, 0.4) is 0 Å². The van der Waals surface area contributed by atoms with Crippen molar-refractivity contribution in [3.05, 3.63) is 0 Å². The largest absolute Gasteiger partial charge is 0.353 e. The monoisotopic (exact) mass is 134 g/mol. The van der Waals surface area contributed by atoms with E-state index in [4.69, 9.17) is 9.47 Å². The highest BCUT2D eigenvalue weighted by Crippen LogP contribution is 2.16. The molecule has 3 heteroatoms. The first-order valence-corrected chi connectivity index (χ1v) is 3.13. The van der Waals surface area contributed by atoms with E-state index in [-0.39, 0.29) is 0 Å². The average molecular weight is 134 g/mol. The van der Waals surface area contributed by atoms with Gasteiger partial charge in [-0.2, -0.15) is 0 Å². The van der Waals surface area contributed by atoms with Crippen LogP contribution in [0, 0.1) is 0 Å². The Bertz CT molecular complexity index is 87.1. The Morgan fingerprint density at radius 3 is 2.89 bits per heavy atom. The number of alkyl halides is 1. The number of methoxy groups -OCH3 is 1. The van der Waals surface area contributed by atoms with Gasteiger partial charge >= 0.3 is 0 Å². The van der Waals surface area contributed by atoms with E-state index in [1.54, 1.807) is 0 Å². The average Bonchev–Trinajstić information content (AvgIpc) is 1.89. The van der Waals surface area contributed by atoms with Crippen LogP contribution in [0.2, 0.25) is 0 Å². The summed E-state index contributed by atoms with van der Waals surface area (Å²) in [7, 11) is 1.46. The minimum absolute atomic E-state index is 0.568. The molecule has 0 spiro atoms. The van der Waals surface area contributed by atoms with Crippen LogP contribution in [0.5, 0.6) is 0 Å². The SMILES string of the molecule is COC1OCCCC1F. The second kappa shape index (κ2) is 3.13. The third-order valence-electron chi connectivity index (χ3n) is 1.43. The standard InChI is InChI=1S/C6H11FO2/c1-8-6-5(7)3-2-4-9-6/h5-6H,2-4H2,1H3. The van der Waals surface area contributed by atoms with Gasteiger partial charge in [0.1, 0.15) is 0 Å². The lowest BCUT2D eigenvalue weighted by Crippen LogP contribution is -2.32. The van der Waals surface area contributed by atoms with Crippen molar-refractivity contribution in [2.45, 2.75) is 25.3 Å². The second-order valence-corrected chi connectivity index (χ2v) is 2.13. The lowest BCUT2D eigenvalue weighted by molar-refractivity contribution is -0.181. The number of halogens is 1. The van der Waals surface area contributed by atoms with Crippen LogP contribution in [0.1, 0.15) is 12.8 Å². The molecule has 1 aliphatic heterocycles. The maximum atomic E-state index is 12.6. The zero-order valence-corrected chi connectivity index (χ0v) is 5.47. The summed E-state index contributed by atoms with van der Waals surface area (Å²) < 4.78 is 22.2. The van der Waals surface area contributed by atoms with Crippen LogP contribution in [0.15, 0.2) is 0 Å². The fourth-order valence-corrected chi connectivity index (χ4v) is 0.934. The van der Waals surface area contributed by atoms with Crippen molar-refractivity contribution in [2.75, 3.05) is 13.7 Å². The normalized spacial score (nSPS) is 36.7. The third-order valence-corrected chi connectivity index (χ3v) is 1.43. The lowest BCUT2D eigenvalue weighted by Gasteiger charge is -2.24. The molecule has 0 bridgehead atoms. The first-order valence-electron chi connectivity index (χ1n) is 3.13. The first-order chi connectivity index (χ1) is 4.34. The molecule has 0 saturated carbocycles. The van der Waals surface area contributed by atoms with Crippen molar-refractivity contribution in [3.8, 4) is 0 Å². The molecule has 2 nitrogen and oxygen atoms in total. The molecular formula is C6H11FO2. The van der Waals surface area contributed by atoms with E-state index in [0.29, 0.717) is 13.0 Å². The van der Waals surface area contributed by atoms with Crippen LogP contribution < -0.4 is 0 Å². The Labute approximate surface area is 54.0 Å². The zero-order chi connectivity index (χ0) is 6.69. The number of rotatable bonds is 1. The highest BCUT2D eigenvalue weighted by atomic mass is 19.1. The number of hydrogen-bond acceptors (Lipinski definition) is 2. The first kappa shape index (κ1) is 6.96. The van der Waals surface area contributed by atoms with Gasteiger partial charge in [0.2, 0.25) is 0 Å². The van der Waals surface area contributed by atoms with Gasteiger partial charge in [-0.15, -0.1) is 0 Å². The van der Waals surface area contributed by atoms with Crippen molar-refractivity contribution in [1.29, 1.82) is 0 Å². The molecule has 0 aromatic heterocycles. The van der Waals surface area contributed by atoms with Gasteiger partial charge in [-0.1, -0.05) is 0 Å². The summed E-state index contributed by atoms with van der Waals surface area (Å²) in [6, 6.07) is 0. The fraction of sp³-hybridized carbons (Fsp3) is 1.00. The number of hydrogen-bond donors (Lipinski definition) is 0. The summed E-state index contributed by atoms with van der Waals surface area (Å²) in [5.74, 6) is 0. The van der Waals surface area contributed by atoms with Crippen LogP contribution in [-0.4, -0.2) is 26.2 Å². The molecule has 0 N–H and O–H groups in total. The summed E-state index contributed by atoms with van der Waals surface area (Å²) in [5, 5.41) is 0. The molecule has 2 unspecified atom stereocenters. The quantitative estimate of drug-likeness (QED) is 0.534. The van der Waals surface area contributed by atoms with Gasteiger partial charge in [-0.05, 0) is 12.8 Å². The Morgan fingerprint density at radius 1 is 1.67 bits per heavy atom. The van der Waals surface area contributed by atoms with E-state index in [2.05, 4.69) is 0 Å². The summed E-state index contributed by atoms with van der Waals surface area (Å²) in [6.45, 7) is 0.624. The maximum absolute atomic E-state index is 12.6. The molecule has 0 aromatic carbocycles. The third kappa shape index (κ3) is 1.63. The van der Waals surface area contributed by atoms with Gasteiger partial charge in [0.25, 0.3) is 0 Å². The summed E-state index contributed by atoms with van der Waals surface area (Å²) in [4.78, 5) is 0. The smallest absolute Gasteiger partial charge is 0.188 e. The predicted molar refractivity (Wildman–Crippen MR) is 30.9 cm³/mol. The molecule has 1 aliphatic rings. The molecule has 1 fully saturated rings. The van der Waals surface area contributed by atoms with Gasteiger partial charge in [-0.25, -0.2) is 4.39 Å². The highest BCUT2D eigenvalue weighted by Gasteiger charge is 2.24. The van der Waals surface area contributed by atoms with Crippen LogP contribution >= 0.6 is 0 Å². The Balaban J connectivity index is 2.30. The molecule has 1 rings (SSSR count). The summed E-state index contributed by atoms with van der Waals surface area (Å²) in [5.41, 5.74) is 0. The molecule has 9 heavy (non-hydrogen) atoms. The van der Waals surface area contributed by atoms with Crippen molar-refractivity contribution >= 4 is 0 Å². The Morgan fingerprint density at radius 2 is 2.44 bits per heavy atom. The molecule has 54 valence electrons. The van der Waals surface area contributed by atoms with Gasteiger partial charge in [0.15, 0.2) is 12.5 Å². The molecule has 2 atom stereocenters. The molecule has 0 aliphatic carbocycles. The van der Waals surface area contributed by atoms with Crippen molar-refractivity contribution in [3.63, 3.8) is 0 Å². The minimum atomic E-state index is -0.927. The zero-order valence-electron chi connectivity index (χ0n) is 5.47. The predicted octanol–water partition coefficient (Wildman–Crippen LogP) is 1.11. The molecule has 1 heterocycles. The van der Waals surface area contributed by atoms with Gasteiger partial charge < -0.3 is 9.47 Å². The van der Waals surface area contributed by atoms with E-state index in [1.165, 1.54) is 7.11 Å². The van der Waals surface area contributed by atoms with E-state index in [0.717, 1.165) is 6.42 Å². The van der Waals surface area contributed by atoms with Crippen LogP contribution in [0.25, 0.3) is 0 Å². The van der Waals surface area contributed by atoms with Gasteiger partial charge in [-0.3, -0.25) is 0 Å². The van der Waals surface area contributed by atoms with Crippen molar-refractivity contribution in [2.24, 2.45) is 0 Å².